The van der Waals surface area contributed by atoms with Gasteiger partial charge in [0.25, 0.3) is 5.91 Å². The van der Waals surface area contributed by atoms with Gasteiger partial charge in [0.05, 0.1) is 22.3 Å². The fraction of sp³-hybridized carbons (Fsp3) is 0.400. The van der Waals surface area contributed by atoms with Crippen LogP contribution in [0.15, 0.2) is 42.5 Å². The molecule has 0 aliphatic carbocycles. The number of hydrogen-bond acceptors (Lipinski definition) is 5. The number of halogens is 1. The molecule has 2 aromatic rings. The molecule has 0 saturated carbocycles. The third-order valence-corrected chi connectivity index (χ3v) is 5.76. The van der Waals surface area contributed by atoms with Gasteiger partial charge >= 0.3 is 6.09 Å². The van der Waals surface area contributed by atoms with E-state index in [1.54, 1.807) is 35.2 Å². The number of piperazine rings is 1. The first-order valence-electron chi connectivity index (χ1n) is 10.9. The van der Waals surface area contributed by atoms with Crippen molar-refractivity contribution >= 4 is 29.3 Å². The highest BCUT2D eigenvalue weighted by Gasteiger charge is 2.31. The molecule has 1 N–H and O–H groups in total. The van der Waals surface area contributed by atoms with Crippen LogP contribution in [0.5, 0.6) is 0 Å². The Labute approximate surface area is 199 Å². The SMILES string of the molecule is CC1CN(Cc2cccc(NC(=O)c3cccc(C#N)c3)c2Cl)CCN1C(=O)OC(C)(C)C. The smallest absolute Gasteiger partial charge is 0.410 e. The summed E-state index contributed by atoms with van der Waals surface area (Å²) >= 11 is 6.63. The van der Waals surface area contributed by atoms with Gasteiger partial charge in [-0.1, -0.05) is 29.8 Å². The van der Waals surface area contributed by atoms with E-state index in [0.29, 0.717) is 48.0 Å². The molecular weight excluding hydrogens is 440 g/mol. The zero-order valence-corrected chi connectivity index (χ0v) is 20.1. The van der Waals surface area contributed by atoms with E-state index in [-0.39, 0.29) is 18.0 Å². The normalized spacial score (nSPS) is 16.7. The quantitative estimate of drug-likeness (QED) is 0.689. The maximum atomic E-state index is 12.6. The molecule has 0 radical (unpaired) electrons. The van der Waals surface area contributed by atoms with E-state index in [2.05, 4.69) is 10.2 Å². The molecular formula is C25H29ClN4O3. The Balaban J connectivity index is 1.65. The Morgan fingerprint density at radius 3 is 2.61 bits per heavy atom. The minimum Gasteiger partial charge on any atom is -0.444 e. The molecule has 0 spiro atoms. The summed E-state index contributed by atoms with van der Waals surface area (Å²) in [5, 5.41) is 12.4. The van der Waals surface area contributed by atoms with Crippen LogP contribution in [0, 0.1) is 11.3 Å². The number of ether oxygens (including phenoxy) is 1. The van der Waals surface area contributed by atoms with Gasteiger partial charge in [-0.15, -0.1) is 0 Å². The highest BCUT2D eigenvalue weighted by Crippen LogP contribution is 2.28. The molecule has 1 heterocycles. The Hall–Kier alpha value is -3.08. The first kappa shape index (κ1) is 24.6. The molecule has 8 heteroatoms. The van der Waals surface area contributed by atoms with Gasteiger partial charge < -0.3 is 15.0 Å². The summed E-state index contributed by atoms with van der Waals surface area (Å²) in [4.78, 5) is 29.1. The number of nitriles is 1. The highest BCUT2D eigenvalue weighted by molar-refractivity contribution is 6.34. The van der Waals surface area contributed by atoms with E-state index in [4.69, 9.17) is 21.6 Å². The molecule has 1 fully saturated rings. The number of anilines is 1. The van der Waals surface area contributed by atoms with Crippen LogP contribution in [0.2, 0.25) is 5.02 Å². The maximum Gasteiger partial charge on any atom is 0.410 e. The van der Waals surface area contributed by atoms with E-state index in [0.717, 1.165) is 5.56 Å². The Morgan fingerprint density at radius 2 is 1.94 bits per heavy atom. The van der Waals surface area contributed by atoms with Crippen LogP contribution < -0.4 is 5.32 Å². The number of carbonyl (C=O) groups excluding carboxylic acids is 2. The summed E-state index contributed by atoms with van der Waals surface area (Å²) in [6.07, 6.45) is -0.294. The molecule has 1 aliphatic heterocycles. The summed E-state index contributed by atoms with van der Waals surface area (Å²) in [5.41, 5.74) is 1.69. The van der Waals surface area contributed by atoms with E-state index in [9.17, 15) is 9.59 Å². The average molecular weight is 469 g/mol. The number of hydrogen-bond donors (Lipinski definition) is 1. The van der Waals surface area contributed by atoms with Crippen molar-refractivity contribution in [2.75, 3.05) is 25.0 Å². The molecule has 0 bridgehead atoms. The first-order chi connectivity index (χ1) is 15.6. The minimum absolute atomic E-state index is 0.00247. The summed E-state index contributed by atoms with van der Waals surface area (Å²) in [7, 11) is 0. The zero-order chi connectivity index (χ0) is 24.2. The van der Waals surface area contributed by atoms with E-state index < -0.39 is 5.60 Å². The maximum absolute atomic E-state index is 12.6. The number of amides is 2. The summed E-state index contributed by atoms with van der Waals surface area (Å²) in [5.74, 6) is -0.328. The predicted octanol–water partition coefficient (Wildman–Crippen LogP) is 4.91. The molecule has 2 amide bonds. The van der Waals surface area contributed by atoms with Gasteiger partial charge in [0.2, 0.25) is 0 Å². The molecule has 3 rings (SSSR count). The van der Waals surface area contributed by atoms with E-state index in [1.165, 1.54) is 0 Å². The molecule has 1 atom stereocenters. The Bertz CT molecular complexity index is 1070. The summed E-state index contributed by atoms with van der Waals surface area (Å²) in [6.45, 7) is 10.1. The number of nitrogens with zero attached hydrogens (tertiary/aromatic N) is 3. The van der Waals surface area contributed by atoms with Crippen LogP contribution in [-0.4, -0.2) is 53.1 Å². The van der Waals surface area contributed by atoms with E-state index in [1.807, 2.05) is 45.9 Å². The van der Waals surface area contributed by atoms with Crippen molar-refractivity contribution in [2.24, 2.45) is 0 Å². The molecule has 1 aliphatic rings. The lowest BCUT2D eigenvalue weighted by Crippen LogP contribution is -2.54. The first-order valence-corrected chi connectivity index (χ1v) is 11.3. The standard InChI is InChI=1S/C25H29ClN4O3/c1-17-15-29(11-12-30(17)24(32)33-25(2,3)4)16-20-9-6-10-21(22(20)26)28-23(31)19-8-5-7-18(13-19)14-27/h5-10,13,17H,11-12,15-16H2,1-4H3,(H,28,31). The molecule has 174 valence electrons. The number of benzene rings is 2. The Morgan fingerprint density at radius 1 is 1.21 bits per heavy atom. The lowest BCUT2D eigenvalue weighted by molar-refractivity contribution is 0.000559. The third kappa shape index (κ3) is 6.47. The second kappa shape index (κ2) is 10.2. The third-order valence-electron chi connectivity index (χ3n) is 5.31. The van der Waals surface area contributed by atoms with Crippen LogP contribution in [0.3, 0.4) is 0 Å². The number of rotatable bonds is 4. The van der Waals surface area contributed by atoms with Gasteiger partial charge in [-0.3, -0.25) is 9.69 Å². The van der Waals surface area contributed by atoms with Crippen molar-refractivity contribution in [1.82, 2.24) is 9.80 Å². The largest absolute Gasteiger partial charge is 0.444 e. The lowest BCUT2D eigenvalue weighted by atomic mass is 10.1. The van der Waals surface area contributed by atoms with Gasteiger partial charge in [-0.25, -0.2) is 4.79 Å². The monoisotopic (exact) mass is 468 g/mol. The minimum atomic E-state index is -0.526. The Kier molecular flexibility index (Phi) is 7.62. The van der Waals surface area contributed by atoms with Gasteiger partial charge in [-0.05, 0) is 57.5 Å². The number of carbonyl (C=O) groups is 2. The molecule has 7 nitrogen and oxygen atoms in total. The topological polar surface area (TPSA) is 85.7 Å². The van der Waals surface area contributed by atoms with Crippen molar-refractivity contribution in [3.05, 3.63) is 64.2 Å². The second-order valence-electron chi connectivity index (χ2n) is 9.18. The molecule has 33 heavy (non-hydrogen) atoms. The van der Waals surface area contributed by atoms with Crippen LogP contribution in [0.1, 0.15) is 49.2 Å². The fourth-order valence-electron chi connectivity index (χ4n) is 3.73. The average Bonchev–Trinajstić information content (AvgIpc) is 2.75. The van der Waals surface area contributed by atoms with Crippen molar-refractivity contribution in [3.8, 4) is 6.07 Å². The van der Waals surface area contributed by atoms with Crippen LogP contribution >= 0.6 is 11.6 Å². The fourth-order valence-corrected chi connectivity index (χ4v) is 3.97. The van der Waals surface area contributed by atoms with Crippen LogP contribution in [-0.2, 0) is 11.3 Å². The molecule has 1 unspecified atom stereocenters. The van der Waals surface area contributed by atoms with Crippen molar-refractivity contribution < 1.29 is 14.3 Å². The predicted molar refractivity (Wildman–Crippen MR) is 128 cm³/mol. The summed E-state index contributed by atoms with van der Waals surface area (Å²) < 4.78 is 5.51. The lowest BCUT2D eigenvalue weighted by Gasteiger charge is -2.40. The van der Waals surface area contributed by atoms with E-state index >= 15 is 0 Å². The highest BCUT2D eigenvalue weighted by atomic mass is 35.5. The van der Waals surface area contributed by atoms with Crippen LogP contribution in [0.4, 0.5) is 10.5 Å². The van der Waals surface area contributed by atoms with Crippen molar-refractivity contribution in [3.63, 3.8) is 0 Å². The number of nitrogens with one attached hydrogen (secondary N) is 1. The second-order valence-corrected chi connectivity index (χ2v) is 9.56. The summed E-state index contributed by atoms with van der Waals surface area (Å²) in [6, 6.07) is 14.1. The molecule has 1 saturated heterocycles. The van der Waals surface area contributed by atoms with Crippen molar-refractivity contribution in [2.45, 2.75) is 45.9 Å². The zero-order valence-electron chi connectivity index (χ0n) is 19.4. The molecule has 0 aromatic heterocycles. The van der Waals surface area contributed by atoms with Crippen LogP contribution in [0.25, 0.3) is 0 Å². The van der Waals surface area contributed by atoms with Gasteiger partial charge in [0, 0.05) is 37.8 Å². The van der Waals surface area contributed by atoms with Gasteiger partial charge in [-0.2, -0.15) is 5.26 Å². The van der Waals surface area contributed by atoms with Gasteiger partial charge in [0.15, 0.2) is 0 Å². The molecule has 2 aromatic carbocycles. The van der Waals surface area contributed by atoms with Crippen molar-refractivity contribution in [1.29, 1.82) is 5.26 Å². The van der Waals surface area contributed by atoms with Gasteiger partial charge in [0.1, 0.15) is 5.60 Å².